The van der Waals surface area contributed by atoms with Gasteiger partial charge in [-0.2, -0.15) is 0 Å². The Morgan fingerprint density at radius 2 is 1.71 bits per heavy atom. The Hall–Kier alpha value is -0.610. The molecule has 1 N–H and O–H groups in total. The molecule has 0 saturated carbocycles. The normalized spacial score (nSPS) is 18.2. The molecule has 0 spiro atoms. The summed E-state index contributed by atoms with van der Waals surface area (Å²) in [6, 6.07) is 0. The number of likely N-dealkylation sites (N-methyl/N-ethyl adjacent to an activating group) is 1. The van der Waals surface area contributed by atoms with E-state index in [1.54, 1.807) is 6.92 Å². The molecule has 0 radical (unpaired) electrons. The molecule has 1 saturated heterocycles. The molecule has 0 aromatic carbocycles. The van der Waals surface area contributed by atoms with Crippen molar-refractivity contribution >= 4 is 5.91 Å². The SMILES string of the molecule is CC(=O)NCCCCCCN1CCN(C)CC1. The van der Waals surface area contributed by atoms with E-state index in [0.29, 0.717) is 0 Å². The van der Waals surface area contributed by atoms with Crippen molar-refractivity contribution in [1.82, 2.24) is 15.1 Å². The van der Waals surface area contributed by atoms with Crippen LogP contribution in [0.3, 0.4) is 0 Å². The van der Waals surface area contributed by atoms with Gasteiger partial charge in [0.2, 0.25) is 5.91 Å². The van der Waals surface area contributed by atoms with E-state index < -0.39 is 0 Å². The number of amides is 1. The third kappa shape index (κ3) is 7.34. The van der Waals surface area contributed by atoms with Crippen LogP contribution in [0.1, 0.15) is 32.6 Å². The highest BCUT2D eigenvalue weighted by Gasteiger charge is 2.12. The lowest BCUT2D eigenvalue weighted by Crippen LogP contribution is -2.44. The second-order valence-corrected chi connectivity index (χ2v) is 5.04. The van der Waals surface area contributed by atoms with Gasteiger partial charge in [-0.05, 0) is 26.4 Å². The summed E-state index contributed by atoms with van der Waals surface area (Å²) >= 11 is 0. The second kappa shape index (κ2) is 8.48. The predicted octanol–water partition coefficient (Wildman–Crippen LogP) is 0.930. The highest BCUT2D eigenvalue weighted by Crippen LogP contribution is 2.04. The first-order valence-electron chi connectivity index (χ1n) is 6.84. The van der Waals surface area contributed by atoms with Gasteiger partial charge in [-0.15, -0.1) is 0 Å². The van der Waals surface area contributed by atoms with E-state index in [0.717, 1.165) is 13.0 Å². The number of hydrogen-bond donors (Lipinski definition) is 1. The van der Waals surface area contributed by atoms with Crippen LogP contribution in [0.2, 0.25) is 0 Å². The monoisotopic (exact) mass is 241 g/mol. The zero-order valence-corrected chi connectivity index (χ0v) is 11.4. The quantitative estimate of drug-likeness (QED) is 0.674. The molecule has 4 heteroatoms. The largest absolute Gasteiger partial charge is 0.356 e. The van der Waals surface area contributed by atoms with Crippen molar-refractivity contribution in [3.63, 3.8) is 0 Å². The summed E-state index contributed by atoms with van der Waals surface area (Å²) < 4.78 is 0. The number of nitrogens with zero attached hydrogens (tertiary/aromatic N) is 2. The van der Waals surface area contributed by atoms with Gasteiger partial charge in [0.25, 0.3) is 0 Å². The van der Waals surface area contributed by atoms with Crippen molar-refractivity contribution < 1.29 is 4.79 Å². The summed E-state index contributed by atoms with van der Waals surface area (Å²) in [7, 11) is 2.19. The van der Waals surface area contributed by atoms with Crippen molar-refractivity contribution in [3.05, 3.63) is 0 Å². The summed E-state index contributed by atoms with van der Waals surface area (Å²) in [5.41, 5.74) is 0. The van der Waals surface area contributed by atoms with Crippen LogP contribution in [0.15, 0.2) is 0 Å². The van der Waals surface area contributed by atoms with Crippen LogP contribution in [0.5, 0.6) is 0 Å². The van der Waals surface area contributed by atoms with Gasteiger partial charge in [-0.3, -0.25) is 4.79 Å². The van der Waals surface area contributed by atoms with Crippen molar-refractivity contribution in [3.8, 4) is 0 Å². The van der Waals surface area contributed by atoms with Crippen LogP contribution in [0, 0.1) is 0 Å². The summed E-state index contributed by atoms with van der Waals surface area (Å²) in [5, 5.41) is 2.84. The van der Waals surface area contributed by atoms with Crippen LogP contribution in [0.4, 0.5) is 0 Å². The summed E-state index contributed by atoms with van der Waals surface area (Å²) in [4.78, 5) is 15.6. The molecule has 0 aromatic rings. The molecule has 0 bridgehead atoms. The first-order chi connectivity index (χ1) is 8.18. The Bertz CT molecular complexity index is 213. The maximum Gasteiger partial charge on any atom is 0.216 e. The Balaban J connectivity index is 1.85. The topological polar surface area (TPSA) is 35.6 Å². The van der Waals surface area contributed by atoms with Crippen molar-refractivity contribution in [2.75, 3.05) is 46.3 Å². The lowest BCUT2D eigenvalue weighted by molar-refractivity contribution is -0.118. The van der Waals surface area contributed by atoms with E-state index in [2.05, 4.69) is 22.2 Å². The summed E-state index contributed by atoms with van der Waals surface area (Å²) in [5.74, 6) is 0.0856. The van der Waals surface area contributed by atoms with Gasteiger partial charge in [0.15, 0.2) is 0 Å². The number of hydrogen-bond acceptors (Lipinski definition) is 3. The van der Waals surface area contributed by atoms with Crippen LogP contribution in [0.25, 0.3) is 0 Å². The number of rotatable bonds is 7. The molecule has 0 aliphatic carbocycles. The molecule has 1 amide bonds. The zero-order chi connectivity index (χ0) is 12.5. The molecule has 1 rings (SSSR count). The highest BCUT2D eigenvalue weighted by molar-refractivity contribution is 5.72. The minimum Gasteiger partial charge on any atom is -0.356 e. The van der Waals surface area contributed by atoms with Crippen LogP contribution in [-0.4, -0.2) is 62.0 Å². The summed E-state index contributed by atoms with van der Waals surface area (Å²) in [6.45, 7) is 8.53. The van der Waals surface area contributed by atoms with Crippen LogP contribution < -0.4 is 5.32 Å². The lowest BCUT2D eigenvalue weighted by atomic mass is 10.2. The summed E-state index contributed by atoms with van der Waals surface area (Å²) in [6.07, 6.45) is 4.92. The highest BCUT2D eigenvalue weighted by atomic mass is 16.1. The van der Waals surface area contributed by atoms with Crippen molar-refractivity contribution in [2.45, 2.75) is 32.6 Å². The fourth-order valence-corrected chi connectivity index (χ4v) is 2.15. The molecule has 1 fully saturated rings. The molecule has 17 heavy (non-hydrogen) atoms. The molecule has 1 aliphatic rings. The van der Waals surface area contributed by atoms with Crippen molar-refractivity contribution in [2.24, 2.45) is 0 Å². The van der Waals surface area contributed by atoms with E-state index in [1.807, 2.05) is 0 Å². The maximum atomic E-state index is 10.6. The predicted molar refractivity (Wildman–Crippen MR) is 71.1 cm³/mol. The molecule has 1 aliphatic heterocycles. The second-order valence-electron chi connectivity index (χ2n) is 5.04. The van der Waals surface area contributed by atoms with Crippen LogP contribution >= 0.6 is 0 Å². The first kappa shape index (κ1) is 14.5. The van der Waals surface area contributed by atoms with E-state index in [9.17, 15) is 4.79 Å². The van der Waals surface area contributed by atoms with E-state index in [4.69, 9.17) is 0 Å². The number of unbranched alkanes of at least 4 members (excludes halogenated alkanes) is 3. The molecule has 100 valence electrons. The Labute approximate surface area is 105 Å². The molecule has 0 atom stereocenters. The van der Waals surface area contributed by atoms with E-state index in [1.165, 1.54) is 52.0 Å². The van der Waals surface area contributed by atoms with Crippen molar-refractivity contribution in [1.29, 1.82) is 0 Å². The molecule has 1 heterocycles. The molecular formula is C13H27N3O. The van der Waals surface area contributed by atoms with Gasteiger partial charge in [-0.25, -0.2) is 0 Å². The van der Waals surface area contributed by atoms with Gasteiger partial charge < -0.3 is 15.1 Å². The van der Waals surface area contributed by atoms with Gasteiger partial charge >= 0.3 is 0 Å². The van der Waals surface area contributed by atoms with Gasteiger partial charge in [0.1, 0.15) is 0 Å². The molecule has 0 unspecified atom stereocenters. The maximum absolute atomic E-state index is 10.6. The smallest absolute Gasteiger partial charge is 0.216 e. The van der Waals surface area contributed by atoms with Gasteiger partial charge in [0.05, 0.1) is 0 Å². The third-order valence-corrected chi connectivity index (χ3v) is 3.37. The minimum absolute atomic E-state index is 0.0856. The Morgan fingerprint density at radius 1 is 1.06 bits per heavy atom. The average Bonchev–Trinajstić information content (AvgIpc) is 2.30. The number of nitrogens with one attached hydrogen (secondary N) is 1. The minimum atomic E-state index is 0.0856. The van der Waals surface area contributed by atoms with E-state index in [-0.39, 0.29) is 5.91 Å². The molecule has 0 aromatic heterocycles. The first-order valence-corrected chi connectivity index (χ1v) is 6.84. The lowest BCUT2D eigenvalue weighted by Gasteiger charge is -2.32. The fraction of sp³-hybridized carbons (Fsp3) is 0.923. The third-order valence-electron chi connectivity index (χ3n) is 3.37. The average molecular weight is 241 g/mol. The zero-order valence-electron chi connectivity index (χ0n) is 11.4. The number of piperazine rings is 1. The van der Waals surface area contributed by atoms with Gasteiger partial charge in [0, 0.05) is 39.6 Å². The Morgan fingerprint density at radius 3 is 2.35 bits per heavy atom. The fourth-order valence-electron chi connectivity index (χ4n) is 2.15. The Kier molecular flexibility index (Phi) is 7.21. The standard InChI is InChI=1S/C13H27N3O/c1-13(17)14-7-5-3-4-6-8-16-11-9-15(2)10-12-16/h3-12H2,1-2H3,(H,14,17). The van der Waals surface area contributed by atoms with Gasteiger partial charge in [-0.1, -0.05) is 12.8 Å². The number of carbonyl (C=O) groups excluding carboxylic acids is 1. The van der Waals surface area contributed by atoms with E-state index >= 15 is 0 Å². The van der Waals surface area contributed by atoms with Crippen LogP contribution in [-0.2, 0) is 4.79 Å². The number of carbonyl (C=O) groups is 1. The molecular weight excluding hydrogens is 214 g/mol. The molecule has 4 nitrogen and oxygen atoms in total.